The maximum Gasteiger partial charge on any atom is 0.348 e. The van der Waals surface area contributed by atoms with Crippen molar-refractivity contribution in [2.45, 2.75) is 52.7 Å². The molecule has 15 nitrogen and oxygen atoms in total. The van der Waals surface area contributed by atoms with Gasteiger partial charge in [0, 0.05) is 48.0 Å². The van der Waals surface area contributed by atoms with Gasteiger partial charge in [0.05, 0.1) is 11.4 Å². The van der Waals surface area contributed by atoms with Crippen LogP contribution in [0.15, 0.2) is 122 Å². The van der Waals surface area contributed by atoms with E-state index in [-0.39, 0.29) is 48.8 Å². The monoisotopic (exact) mass is 895 g/mol. The third-order valence-electron chi connectivity index (χ3n) is 10.3. The lowest BCUT2D eigenvalue weighted by Crippen LogP contribution is -2.35. The zero-order chi connectivity index (χ0) is 45.7. The summed E-state index contributed by atoms with van der Waals surface area (Å²) < 4.78 is 39.9. The molecule has 0 bridgehead atoms. The van der Waals surface area contributed by atoms with Crippen molar-refractivity contribution in [1.29, 1.82) is 0 Å². The first-order chi connectivity index (χ1) is 31.3. The van der Waals surface area contributed by atoms with E-state index in [9.17, 15) is 14.0 Å². The molecular formula is C47H43F2N11O4S. The van der Waals surface area contributed by atoms with E-state index in [0.29, 0.717) is 49.9 Å². The minimum absolute atomic E-state index is 0.0155. The molecule has 65 heavy (non-hydrogen) atoms. The third kappa shape index (κ3) is 10.2. The average molecular weight is 896 g/mol. The van der Waals surface area contributed by atoms with Gasteiger partial charge < -0.3 is 14.6 Å². The summed E-state index contributed by atoms with van der Waals surface area (Å²) >= 11 is 1.20. The number of aryl methyl sites for hydroxylation is 1. The van der Waals surface area contributed by atoms with Gasteiger partial charge >= 0.3 is 5.97 Å². The fraction of sp³-hybridized carbons (Fsp3) is 0.213. The van der Waals surface area contributed by atoms with Crippen molar-refractivity contribution in [2.24, 2.45) is 0 Å². The summed E-state index contributed by atoms with van der Waals surface area (Å²) in [6.07, 6.45) is 5.61. The van der Waals surface area contributed by atoms with E-state index < -0.39 is 29.2 Å². The number of esters is 1. The molecule has 0 radical (unpaired) electrons. The highest BCUT2D eigenvalue weighted by atomic mass is 32.1. The van der Waals surface area contributed by atoms with E-state index in [4.69, 9.17) is 4.74 Å². The lowest BCUT2D eigenvalue weighted by atomic mass is 10.0. The van der Waals surface area contributed by atoms with Crippen LogP contribution in [-0.4, -0.2) is 81.5 Å². The van der Waals surface area contributed by atoms with Gasteiger partial charge in [-0.1, -0.05) is 41.5 Å². The van der Waals surface area contributed by atoms with Gasteiger partial charge in [0.25, 0.3) is 17.8 Å². The number of thiophene rings is 1. The van der Waals surface area contributed by atoms with Crippen LogP contribution in [0.4, 0.5) is 14.7 Å². The van der Waals surface area contributed by atoms with Gasteiger partial charge in [-0.25, -0.2) is 18.3 Å². The molecular weight excluding hydrogens is 853 g/mol. The second-order valence-corrected chi connectivity index (χ2v) is 17.1. The topological polar surface area (TPSA) is 168 Å². The van der Waals surface area contributed by atoms with Crippen molar-refractivity contribution < 1.29 is 27.9 Å². The normalized spacial score (nSPS) is 11.4. The Morgan fingerprint density at radius 2 is 1.49 bits per heavy atom. The summed E-state index contributed by atoms with van der Waals surface area (Å²) in [6.45, 7) is 8.18. The van der Waals surface area contributed by atoms with Crippen LogP contribution in [0.2, 0.25) is 0 Å². The Bertz CT molecular complexity index is 2990. The molecule has 0 saturated carbocycles. The molecule has 0 unspecified atom stereocenters. The number of carbonyl (C=O) groups is 3. The molecule has 0 saturated heterocycles. The number of hydrogen-bond donors (Lipinski definition) is 1. The summed E-state index contributed by atoms with van der Waals surface area (Å²) in [5.74, 6) is -2.28. The third-order valence-corrected chi connectivity index (χ3v) is 11.4. The van der Waals surface area contributed by atoms with Gasteiger partial charge in [0.2, 0.25) is 0 Å². The van der Waals surface area contributed by atoms with Gasteiger partial charge in [0.15, 0.2) is 0 Å². The van der Waals surface area contributed by atoms with Crippen molar-refractivity contribution in [3.8, 4) is 32.9 Å². The van der Waals surface area contributed by atoms with Gasteiger partial charge in [-0.2, -0.15) is 4.68 Å². The van der Waals surface area contributed by atoms with Crippen LogP contribution in [0.1, 0.15) is 69.2 Å². The lowest BCUT2D eigenvalue weighted by Gasteiger charge is -2.22. The number of halogens is 2. The Hall–Kier alpha value is -7.73. The quantitative estimate of drug-likeness (QED) is 0.0998. The van der Waals surface area contributed by atoms with Crippen molar-refractivity contribution in [3.05, 3.63) is 161 Å². The number of aromatic nitrogens is 9. The van der Waals surface area contributed by atoms with E-state index in [1.807, 2.05) is 30.0 Å². The summed E-state index contributed by atoms with van der Waals surface area (Å²) in [5, 5.41) is 27.2. The second kappa shape index (κ2) is 18.9. The molecule has 0 fully saturated rings. The van der Waals surface area contributed by atoms with Gasteiger partial charge in [-0.3, -0.25) is 14.5 Å². The van der Waals surface area contributed by atoms with E-state index in [1.54, 1.807) is 106 Å². The van der Waals surface area contributed by atoms with Crippen LogP contribution in [-0.2, 0) is 24.1 Å². The summed E-state index contributed by atoms with van der Waals surface area (Å²) in [7, 11) is 0. The number of amides is 2. The van der Waals surface area contributed by atoms with E-state index in [2.05, 4.69) is 36.4 Å². The van der Waals surface area contributed by atoms with Crippen molar-refractivity contribution in [2.75, 3.05) is 18.0 Å². The van der Waals surface area contributed by atoms with Gasteiger partial charge in [-0.05, 0) is 156 Å². The maximum atomic E-state index is 15.2. The molecule has 4 aromatic heterocycles. The minimum Gasteiger partial charge on any atom is -0.456 e. The SMILES string of the molecule is CCn1ccc(-c2cc(C(=O)NCCc3ccccc3F)cc(-n3nnnc3N(CCc3ccccc3F)C(=O)c3cc(-c4ccc(C(=O)OC(C)(C)C)s4)cc(-n4cnnn4)c3)c2)c1. The van der Waals surface area contributed by atoms with Crippen LogP contribution in [0.3, 0.4) is 0 Å². The predicted octanol–water partition coefficient (Wildman–Crippen LogP) is 7.95. The van der Waals surface area contributed by atoms with Crippen LogP contribution >= 0.6 is 11.3 Å². The number of hydrogen-bond acceptors (Lipinski definition) is 11. The zero-order valence-electron chi connectivity index (χ0n) is 35.9. The number of nitrogens with one attached hydrogen (secondary N) is 1. The first-order valence-electron chi connectivity index (χ1n) is 20.7. The molecule has 2 amide bonds. The number of ether oxygens (including phenoxy) is 1. The number of benzene rings is 4. The van der Waals surface area contributed by atoms with E-state index in [1.165, 1.54) is 44.1 Å². The van der Waals surface area contributed by atoms with Crippen LogP contribution < -0.4 is 10.2 Å². The Morgan fingerprint density at radius 3 is 2.18 bits per heavy atom. The number of rotatable bonds is 15. The molecule has 4 heterocycles. The molecule has 0 aliphatic heterocycles. The molecule has 0 aliphatic carbocycles. The summed E-state index contributed by atoms with van der Waals surface area (Å²) in [5.41, 5.74) is 3.41. The molecule has 8 rings (SSSR count). The molecule has 8 aromatic rings. The highest BCUT2D eigenvalue weighted by Gasteiger charge is 2.28. The van der Waals surface area contributed by atoms with Gasteiger partial charge in [-0.15, -0.1) is 16.4 Å². The predicted molar refractivity (Wildman–Crippen MR) is 240 cm³/mol. The number of tetrazole rings is 2. The molecule has 330 valence electrons. The Morgan fingerprint density at radius 1 is 0.785 bits per heavy atom. The standard InChI is InChI=1S/C47H43F2N11O4S/c1-5-57-20-17-32(28-57)33-22-35(43(61)50-19-16-30-10-6-8-12-39(30)48)26-38(24-33)60-46(52-54-56-60)58(21-18-31-11-7-9-13-40(31)49)44(62)36-23-34(25-37(27-36)59-29-51-53-55-59)41-14-15-42(65-41)45(63)64-47(2,3)4/h6-15,17,20,22-29H,5,16,18-19,21H2,1-4H3,(H,50,61). The summed E-state index contributed by atoms with van der Waals surface area (Å²) in [4.78, 5) is 44.4. The fourth-order valence-corrected chi connectivity index (χ4v) is 7.94. The first kappa shape index (κ1) is 43.9. The molecule has 0 spiro atoms. The Balaban J connectivity index is 1.20. The van der Waals surface area contributed by atoms with Crippen molar-refractivity contribution >= 4 is 35.1 Å². The zero-order valence-corrected chi connectivity index (χ0v) is 36.7. The molecule has 0 aliphatic rings. The minimum atomic E-state index is -0.705. The Kier molecular flexibility index (Phi) is 12.8. The first-order valence-corrected chi connectivity index (χ1v) is 21.5. The van der Waals surface area contributed by atoms with Gasteiger partial charge in [0.1, 0.15) is 28.4 Å². The van der Waals surface area contributed by atoms with Crippen LogP contribution in [0.5, 0.6) is 0 Å². The van der Waals surface area contributed by atoms with E-state index in [0.717, 1.165) is 5.56 Å². The number of nitrogens with zero attached hydrogens (tertiary/aromatic N) is 10. The Labute approximate surface area is 376 Å². The average Bonchev–Trinajstić information content (AvgIpc) is 4.15. The molecule has 1 N–H and O–H groups in total. The molecule has 0 atom stereocenters. The highest BCUT2D eigenvalue weighted by molar-refractivity contribution is 7.17. The summed E-state index contributed by atoms with van der Waals surface area (Å²) in [6, 6.07) is 28.3. The second-order valence-electron chi connectivity index (χ2n) is 16.0. The van der Waals surface area contributed by atoms with Crippen LogP contribution in [0, 0.1) is 11.6 Å². The molecule has 18 heteroatoms. The number of anilines is 1. The molecule has 4 aromatic carbocycles. The lowest BCUT2D eigenvalue weighted by molar-refractivity contribution is 0.00749. The fourth-order valence-electron chi connectivity index (χ4n) is 7.07. The number of carbonyl (C=O) groups excluding carboxylic acids is 3. The van der Waals surface area contributed by atoms with Crippen molar-refractivity contribution in [1.82, 2.24) is 50.3 Å². The smallest absolute Gasteiger partial charge is 0.348 e. The van der Waals surface area contributed by atoms with Crippen molar-refractivity contribution in [3.63, 3.8) is 0 Å². The van der Waals surface area contributed by atoms with Crippen LogP contribution in [0.25, 0.3) is 32.9 Å². The maximum absolute atomic E-state index is 15.2. The largest absolute Gasteiger partial charge is 0.456 e. The highest BCUT2D eigenvalue weighted by Crippen LogP contribution is 2.33. The van der Waals surface area contributed by atoms with E-state index >= 15 is 9.18 Å².